The second-order valence-electron chi connectivity index (χ2n) is 4.32. The summed E-state index contributed by atoms with van der Waals surface area (Å²) in [6.07, 6.45) is -3.91. The number of amides is 1. The predicted octanol–water partition coefficient (Wildman–Crippen LogP) is 0.696. The van der Waals surface area contributed by atoms with Gasteiger partial charge < -0.3 is 15.0 Å². The van der Waals surface area contributed by atoms with Crippen LogP contribution in [0.25, 0.3) is 0 Å². The summed E-state index contributed by atoms with van der Waals surface area (Å²) < 4.78 is 42.5. The Balaban J connectivity index is 1.92. The van der Waals surface area contributed by atoms with Crippen molar-refractivity contribution >= 4 is 5.91 Å². The van der Waals surface area contributed by atoms with Crippen LogP contribution in [0.3, 0.4) is 0 Å². The molecule has 1 saturated heterocycles. The molecule has 2 aliphatic heterocycles. The zero-order valence-electron chi connectivity index (χ0n) is 9.79. The second-order valence-corrected chi connectivity index (χ2v) is 4.32. The molecule has 1 amide bonds. The lowest BCUT2D eigenvalue weighted by Gasteiger charge is -2.32. The van der Waals surface area contributed by atoms with Crippen LogP contribution in [0.1, 0.15) is 6.42 Å². The van der Waals surface area contributed by atoms with E-state index in [0.29, 0.717) is 19.7 Å². The molecule has 0 radical (unpaired) electrons. The van der Waals surface area contributed by atoms with Crippen LogP contribution in [0.2, 0.25) is 0 Å². The van der Waals surface area contributed by atoms with E-state index in [2.05, 4.69) is 5.32 Å². The Morgan fingerprint density at radius 3 is 2.78 bits per heavy atom. The molecular formula is C11H15F3N2O2. The van der Waals surface area contributed by atoms with Crippen molar-refractivity contribution in [2.24, 2.45) is 0 Å². The van der Waals surface area contributed by atoms with E-state index >= 15 is 0 Å². The van der Waals surface area contributed by atoms with Crippen molar-refractivity contribution in [3.8, 4) is 0 Å². The molecule has 0 bridgehead atoms. The third kappa shape index (κ3) is 3.02. The number of nitrogens with zero attached hydrogens (tertiary/aromatic N) is 1. The van der Waals surface area contributed by atoms with Gasteiger partial charge >= 0.3 is 6.18 Å². The van der Waals surface area contributed by atoms with Gasteiger partial charge in [0.05, 0.1) is 6.61 Å². The summed E-state index contributed by atoms with van der Waals surface area (Å²) in [5.41, 5.74) is -0.547. The number of ether oxygens (including phenoxy) is 1. The monoisotopic (exact) mass is 264 g/mol. The molecule has 1 unspecified atom stereocenters. The van der Waals surface area contributed by atoms with Gasteiger partial charge in [0.25, 0.3) is 5.91 Å². The van der Waals surface area contributed by atoms with Gasteiger partial charge in [0.1, 0.15) is 6.10 Å². The van der Waals surface area contributed by atoms with Gasteiger partial charge in [-0.2, -0.15) is 13.2 Å². The average molecular weight is 264 g/mol. The lowest BCUT2D eigenvalue weighted by atomic mass is 10.1. The number of hydrogen-bond acceptors (Lipinski definition) is 3. The van der Waals surface area contributed by atoms with Crippen molar-refractivity contribution in [2.75, 3.05) is 32.8 Å². The topological polar surface area (TPSA) is 41.6 Å². The maximum atomic E-state index is 12.4. The summed E-state index contributed by atoms with van der Waals surface area (Å²) in [5.74, 6) is -0.236. The minimum absolute atomic E-state index is 0.00748. The lowest BCUT2D eigenvalue weighted by Crippen LogP contribution is -2.50. The van der Waals surface area contributed by atoms with Gasteiger partial charge in [0, 0.05) is 31.8 Å². The van der Waals surface area contributed by atoms with Crippen molar-refractivity contribution < 1.29 is 22.7 Å². The predicted molar refractivity (Wildman–Crippen MR) is 57.9 cm³/mol. The van der Waals surface area contributed by atoms with Crippen molar-refractivity contribution in [1.82, 2.24) is 10.2 Å². The van der Waals surface area contributed by atoms with Crippen LogP contribution in [0.5, 0.6) is 0 Å². The van der Waals surface area contributed by atoms with E-state index in [4.69, 9.17) is 4.74 Å². The molecule has 0 aromatic carbocycles. The van der Waals surface area contributed by atoms with Crippen LogP contribution in [0.15, 0.2) is 11.6 Å². The number of carbonyl (C=O) groups excluding carboxylic acids is 1. The summed E-state index contributed by atoms with van der Waals surface area (Å²) in [4.78, 5) is 13.4. The third-order valence-corrected chi connectivity index (χ3v) is 3.09. The molecule has 4 nitrogen and oxygen atoms in total. The number of hydrogen-bond donors (Lipinski definition) is 1. The van der Waals surface area contributed by atoms with E-state index in [1.54, 1.807) is 0 Å². The highest BCUT2D eigenvalue weighted by atomic mass is 19.4. The molecular weight excluding hydrogens is 249 g/mol. The van der Waals surface area contributed by atoms with Gasteiger partial charge in [-0.25, -0.2) is 0 Å². The van der Waals surface area contributed by atoms with Crippen LogP contribution in [-0.4, -0.2) is 55.9 Å². The highest BCUT2D eigenvalue weighted by molar-refractivity contribution is 5.81. The first-order valence-electron chi connectivity index (χ1n) is 5.86. The number of alkyl halides is 3. The fourth-order valence-electron chi connectivity index (χ4n) is 2.05. The number of nitrogens with one attached hydrogen (secondary N) is 1. The summed E-state index contributed by atoms with van der Waals surface area (Å²) in [6.45, 7) is 1.68. The van der Waals surface area contributed by atoms with E-state index in [1.165, 1.54) is 4.90 Å². The summed E-state index contributed by atoms with van der Waals surface area (Å²) in [7, 11) is 0. The average Bonchev–Trinajstić information content (AvgIpc) is 2.38. The molecule has 2 rings (SSSR count). The van der Waals surface area contributed by atoms with Gasteiger partial charge in [-0.1, -0.05) is 6.08 Å². The van der Waals surface area contributed by atoms with Gasteiger partial charge in [-0.05, 0) is 6.42 Å². The minimum Gasteiger partial charge on any atom is -0.366 e. The van der Waals surface area contributed by atoms with E-state index in [0.717, 1.165) is 6.08 Å². The summed E-state index contributed by atoms with van der Waals surface area (Å²) in [5, 5.41) is 3.02. The summed E-state index contributed by atoms with van der Waals surface area (Å²) >= 11 is 0. The van der Waals surface area contributed by atoms with Crippen molar-refractivity contribution in [3.05, 3.63) is 11.6 Å². The molecule has 0 aromatic heterocycles. The van der Waals surface area contributed by atoms with Crippen LogP contribution in [-0.2, 0) is 9.53 Å². The first kappa shape index (κ1) is 13.4. The number of morpholine rings is 1. The Labute approximate surface area is 103 Å². The van der Waals surface area contributed by atoms with E-state index in [1.807, 2.05) is 0 Å². The van der Waals surface area contributed by atoms with E-state index in [-0.39, 0.29) is 25.4 Å². The molecule has 0 spiro atoms. The molecule has 1 atom stereocenters. The highest BCUT2D eigenvalue weighted by Crippen LogP contribution is 2.30. The highest BCUT2D eigenvalue weighted by Gasteiger charge is 2.36. The van der Waals surface area contributed by atoms with Crippen LogP contribution in [0, 0.1) is 0 Å². The maximum absolute atomic E-state index is 12.4. The van der Waals surface area contributed by atoms with Crippen molar-refractivity contribution in [2.45, 2.75) is 18.7 Å². The van der Waals surface area contributed by atoms with Crippen LogP contribution in [0.4, 0.5) is 13.2 Å². The Hall–Kier alpha value is -1.08. The first-order chi connectivity index (χ1) is 8.48. The van der Waals surface area contributed by atoms with Gasteiger partial charge in [-0.15, -0.1) is 0 Å². The summed E-state index contributed by atoms with van der Waals surface area (Å²) in [6, 6.07) is 0. The zero-order chi connectivity index (χ0) is 13.2. The smallest absolute Gasteiger partial charge is 0.366 e. The molecule has 102 valence electrons. The Morgan fingerprint density at radius 2 is 2.28 bits per heavy atom. The molecule has 2 heterocycles. The van der Waals surface area contributed by atoms with E-state index < -0.39 is 17.9 Å². The number of halogens is 3. The van der Waals surface area contributed by atoms with Gasteiger partial charge in [0.15, 0.2) is 0 Å². The van der Waals surface area contributed by atoms with Crippen LogP contribution >= 0.6 is 0 Å². The zero-order valence-corrected chi connectivity index (χ0v) is 9.79. The second kappa shape index (κ2) is 5.27. The maximum Gasteiger partial charge on any atom is 0.412 e. The van der Waals surface area contributed by atoms with Crippen molar-refractivity contribution in [1.29, 1.82) is 0 Å². The van der Waals surface area contributed by atoms with E-state index in [9.17, 15) is 18.0 Å². The fourth-order valence-corrected chi connectivity index (χ4v) is 2.05. The molecule has 7 heteroatoms. The first-order valence-corrected chi connectivity index (χ1v) is 5.86. The quantitative estimate of drug-likeness (QED) is 0.709. The molecule has 1 N–H and O–H groups in total. The number of rotatable bonds is 1. The molecule has 0 aromatic rings. The molecule has 0 aliphatic carbocycles. The SMILES string of the molecule is O=C(C1CNCCO1)N1CC=C(C(F)(F)F)CC1. The van der Waals surface area contributed by atoms with Crippen LogP contribution < -0.4 is 5.32 Å². The molecule has 0 saturated carbocycles. The minimum atomic E-state index is -4.28. The molecule has 2 aliphatic rings. The molecule has 18 heavy (non-hydrogen) atoms. The standard InChI is InChI=1S/C11H15F3N2O2/c12-11(13,14)8-1-4-16(5-2-8)10(17)9-7-15-3-6-18-9/h1,9,15H,2-7H2. The van der Waals surface area contributed by atoms with Gasteiger partial charge in [-0.3, -0.25) is 4.79 Å². The third-order valence-electron chi connectivity index (χ3n) is 3.09. The van der Waals surface area contributed by atoms with Gasteiger partial charge in [0.2, 0.25) is 0 Å². The lowest BCUT2D eigenvalue weighted by molar-refractivity contribution is -0.145. The Bertz CT molecular complexity index is 349. The van der Waals surface area contributed by atoms with Crippen molar-refractivity contribution in [3.63, 3.8) is 0 Å². The normalized spacial score (nSPS) is 25.8. The largest absolute Gasteiger partial charge is 0.412 e. The fraction of sp³-hybridized carbons (Fsp3) is 0.727. The Morgan fingerprint density at radius 1 is 1.50 bits per heavy atom. The number of carbonyl (C=O) groups is 1. The Kier molecular flexibility index (Phi) is 3.91. The molecule has 1 fully saturated rings.